The Morgan fingerprint density at radius 1 is 1.17 bits per heavy atom. The Morgan fingerprint density at radius 2 is 1.97 bits per heavy atom. The second kappa shape index (κ2) is 7.94. The number of anilines is 2. The number of aliphatic hydroxyl groups is 1. The number of nitrogens with one attached hydrogen (secondary N) is 2. The first-order chi connectivity index (χ1) is 17.1. The second-order valence-electron chi connectivity index (χ2n) is 10.7. The van der Waals surface area contributed by atoms with Crippen LogP contribution < -0.4 is 16.2 Å². The van der Waals surface area contributed by atoms with Gasteiger partial charge in [-0.05, 0) is 82.8 Å². The summed E-state index contributed by atoms with van der Waals surface area (Å²) in [6.45, 7) is 8.64. The van der Waals surface area contributed by atoms with Crippen molar-refractivity contribution in [2.24, 2.45) is 0 Å². The second-order valence-corrected chi connectivity index (χ2v) is 10.7. The molecule has 1 aliphatic heterocycles. The highest BCUT2D eigenvalue weighted by Gasteiger charge is 2.32. The van der Waals surface area contributed by atoms with Gasteiger partial charge < -0.3 is 15.7 Å². The maximum Gasteiger partial charge on any atom is 0.278 e. The van der Waals surface area contributed by atoms with Crippen molar-refractivity contribution in [3.63, 3.8) is 0 Å². The highest BCUT2D eigenvalue weighted by Crippen LogP contribution is 2.35. The van der Waals surface area contributed by atoms with Crippen LogP contribution in [0.3, 0.4) is 0 Å². The molecule has 0 bridgehead atoms. The quantitative estimate of drug-likeness (QED) is 0.393. The third-order valence-electron chi connectivity index (χ3n) is 6.97. The van der Waals surface area contributed by atoms with Crippen molar-refractivity contribution in [3.05, 3.63) is 63.8 Å². The summed E-state index contributed by atoms with van der Waals surface area (Å²) >= 11 is 0. The Labute approximate surface area is 208 Å². The van der Waals surface area contributed by atoms with Gasteiger partial charge in [-0.1, -0.05) is 6.07 Å². The minimum Gasteiger partial charge on any atom is -0.384 e. The molecule has 1 aliphatic carbocycles. The van der Waals surface area contributed by atoms with Gasteiger partial charge in [0.1, 0.15) is 11.0 Å². The molecular formula is C26H30N8O2. The van der Waals surface area contributed by atoms with Crippen molar-refractivity contribution in [3.8, 4) is 5.95 Å². The van der Waals surface area contributed by atoms with Crippen LogP contribution in [0.5, 0.6) is 0 Å². The molecule has 1 fully saturated rings. The molecule has 0 atom stereocenters. The molecule has 3 N–H and O–H groups in total. The Kier molecular flexibility index (Phi) is 5.03. The highest BCUT2D eigenvalue weighted by molar-refractivity contribution is 5.77. The summed E-state index contributed by atoms with van der Waals surface area (Å²) in [5.41, 5.74) is 2.98. The van der Waals surface area contributed by atoms with E-state index in [9.17, 15) is 9.90 Å². The molecule has 2 aliphatic rings. The highest BCUT2D eigenvalue weighted by atomic mass is 16.3. The molecule has 4 heterocycles. The minimum absolute atomic E-state index is 0.0649. The molecule has 0 spiro atoms. The summed E-state index contributed by atoms with van der Waals surface area (Å²) in [7, 11) is 0. The van der Waals surface area contributed by atoms with Gasteiger partial charge in [0.05, 0.1) is 11.7 Å². The van der Waals surface area contributed by atoms with Crippen LogP contribution in [0.25, 0.3) is 17.0 Å². The predicted octanol–water partition coefficient (Wildman–Crippen LogP) is 3.06. The lowest BCUT2D eigenvalue weighted by Crippen LogP contribution is -2.42. The normalized spacial score (nSPS) is 17.2. The lowest BCUT2D eigenvalue weighted by Gasteiger charge is -2.34. The molecule has 3 aromatic heterocycles. The SMILES string of the molecule is CC(C)(O)c1ccnc(-n2c3nc(Nc4ccc5c(c4)CCNC5(C)C)ncc3c(=O)n2C2CC2)n1. The Hall–Kier alpha value is -3.63. The van der Waals surface area contributed by atoms with E-state index in [0.717, 1.165) is 31.5 Å². The zero-order chi connectivity index (χ0) is 25.2. The van der Waals surface area contributed by atoms with Gasteiger partial charge in [-0.25, -0.2) is 19.6 Å². The zero-order valence-electron chi connectivity index (χ0n) is 20.9. The lowest BCUT2D eigenvalue weighted by atomic mass is 9.85. The third-order valence-corrected chi connectivity index (χ3v) is 6.97. The van der Waals surface area contributed by atoms with Crippen LogP contribution in [0, 0.1) is 0 Å². The summed E-state index contributed by atoms with van der Waals surface area (Å²) in [4.78, 5) is 31.5. The molecule has 10 nitrogen and oxygen atoms in total. The average Bonchev–Trinajstić information content (AvgIpc) is 3.62. The molecule has 186 valence electrons. The van der Waals surface area contributed by atoms with Crippen molar-refractivity contribution >= 4 is 22.7 Å². The smallest absolute Gasteiger partial charge is 0.278 e. The number of hydrogen-bond acceptors (Lipinski definition) is 8. The summed E-state index contributed by atoms with van der Waals surface area (Å²) in [5.74, 6) is 0.678. The van der Waals surface area contributed by atoms with Crippen LogP contribution >= 0.6 is 0 Å². The molecule has 4 aromatic rings. The van der Waals surface area contributed by atoms with Gasteiger partial charge in [0.15, 0.2) is 5.65 Å². The van der Waals surface area contributed by atoms with Crippen molar-refractivity contribution in [2.45, 2.75) is 64.1 Å². The fraction of sp³-hybridized carbons (Fsp3) is 0.423. The van der Waals surface area contributed by atoms with Crippen molar-refractivity contribution < 1.29 is 5.11 Å². The summed E-state index contributed by atoms with van der Waals surface area (Å²) in [5, 5.41) is 17.8. The van der Waals surface area contributed by atoms with Crippen LogP contribution in [0.15, 0.2) is 41.5 Å². The first-order valence-corrected chi connectivity index (χ1v) is 12.3. The average molecular weight is 487 g/mol. The van der Waals surface area contributed by atoms with Gasteiger partial charge in [0.2, 0.25) is 5.95 Å². The number of fused-ring (bicyclic) bond motifs is 2. The van der Waals surface area contributed by atoms with E-state index in [-0.39, 0.29) is 17.1 Å². The van der Waals surface area contributed by atoms with Crippen LogP contribution in [-0.4, -0.2) is 41.0 Å². The molecule has 0 amide bonds. The van der Waals surface area contributed by atoms with Gasteiger partial charge in [-0.3, -0.25) is 4.79 Å². The molecule has 10 heteroatoms. The maximum absolute atomic E-state index is 13.3. The van der Waals surface area contributed by atoms with Gasteiger partial charge in [0.25, 0.3) is 11.5 Å². The van der Waals surface area contributed by atoms with Gasteiger partial charge in [0, 0.05) is 23.6 Å². The maximum atomic E-state index is 13.3. The van der Waals surface area contributed by atoms with E-state index < -0.39 is 5.60 Å². The van der Waals surface area contributed by atoms with E-state index in [1.807, 2.05) is 6.07 Å². The lowest BCUT2D eigenvalue weighted by molar-refractivity contribution is 0.0736. The molecule has 0 unspecified atom stereocenters. The number of nitrogens with zero attached hydrogens (tertiary/aromatic N) is 6. The van der Waals surface area contributed by atoms with Gasteiger partial charge in [-0.15, -0.1) is 0 Å². The standard InChI is InChI=1S/C26H30N8O2/c1-25(2)19-8-5-16(13-15(19)9-12-29-25)30-23-28-14-18-21(32-23)34(33(22(18)35)17-6-7-17)24-27-11-10-20(31-24)26(3,4)36/h5,8,10-11,13-14,17,29,36H,6-7,9,12H2,1-4H3,(H,28,30,32). The van der Waals surface area contributed by atoms with E-state index in [1.165, 1.54) is 11.1 Å². The zero-order valence-corrected chi connectivity index (χ0v) is 20.9. The van der Waals surface area contributed by atoms with E-state index in [0.29, 0.717) is 28.6 Å². The van der Waals surface area contributed by atoms with Crippen molar-refractivity contribution in [1.82, 2.24) is 34.6 Å². The van der Waals surface area contributed by atoms with E-state index >= 15 is 0 Å². The van der Waals surface area contributed by atoms with Crippen molar-refractivity contribution in [1.29, 1.82) is 0 Å². The van der Waals surface area contributed by atoms with Gasteiger partial charge in [-0.2, -0.15) is 9.67 Å². The summed E-state index contributed by atoms with van der Waals surface area (Å²) < 4.78 is 3.33. The van der Waals surface area contributed by atoms with Crippen LogP contribution in [0.2, 0.25) is 0 Å². The molecular weight excluding hydrogens is 456 g/mol. The largest absolute Gasteiger partial charge is 0.384 e. The monoisotopic (exact) mass is 486 g/mol. The van der Waals surface area contributed by atoms with Crippen LogP contribution in [0.1, 0.15) is 63.4 Å². The van der Waals surface area contributed by atoms with E-state index in [1.54, 1.807) is 41.7 Å². The topological polar surface area (TPSA) is 123 Å². The molecule has 0 radical (unpaired) electrons. The third kappa shape index (κ3) is 3.86. The van der Waals surface area contributed by atoms with Crippen molar-refractivity contribution in [2.75, 3.05) is 11.9 Å². The molecule has 6 rings (SSSR count). The molecule has 36 heavy (non-hydrogen) atoms. The number of hydrogen-bond donors (Lipinski definition) is 3. The molecule has 1 saturated carbocycles. The molecule has 1 aromatic carbocycles. The van der Waals surface area contributed by atoms with Crippen LogP contribution in [0.4, 0.5) is 11.6 Å². The van der Waals surface area contributed by atoms with E-state index in [4.69, 9.17) is 4.98 Å². The Morgan fingerprint density at radius 3 is 2.72 bits per heavy atom. The Balaban J connectivity index is 1.45. The first-order valence-electron chi connectivity index (χ1n) is 12.3. The summed E-state index contributed by atoms with van der Waals surface area (Å²) in [6.07, 6.45) is 5.91. The fourth-order valence-electron chi connectivity index (χ4n) is 4.91. The minimum atomic E-state index is -1.15. The first kappa shape index (κ1) is 22.8. The predicted molar refractivity (Wildman–Crippen MR) is 137 cm³/mol. The fourth-order valence-corrected chi connectivity index (χ4v) is 4.91. The number of benzene rings is 1. The van der Waals surface area contributed by atoms with Crippen LogP contribution in [-0.2, 0) is 17.6 Å². The Bertz CT molecular complexity index is 1540. The number of rotatable bonds is 5. The summed E-state index contributed by atoms with van der Waals surface area (Å²) in [6, 6.07) is 8.04. The van der Waals surface area contributed by atoms with Gasteiger partial charge >= 0.3 is 0 Å². The molecule has 0 saturated heterocycles. The number of aromatic nitrogens is 6. The van der Waals surface area contributed by atoms with E-state index in [2.05, 4.69) is 51.6 Å².